The highest BCUT2D eigenvalue weighted by atomic mass is 32.2. The maximum atomic E-state index is 6.93. The fraction of sp³-hybridized carbons (Fsp3) is 0.480. The summed E-state index contributed by atoms with van der Waals surface area (Å²) in [6.07, 6.45) is 2.97. The van der Waals surface area contributed by atoms with E-state index >= 15 is 0 Å². The molecule has 5 nitrogen and oxygen atoms in total. The minimum Gasteiger partial charge on any atom is -0.490 e. The molecule has 0 amide bonds. The third-order valence-electron chi connectivity index (χ3n) is 5.80. The molecular formula is C25H33N3O2S. The lowest BCUT2D eigenvalue weighted by molar-refractivity contribution is 0.0427. The van der Waals surface area contributed by atoms with Crippen molar-refractivity contribution < 1.29 is 9.47 Å². The van der Waals surface area contributed by atoms with E-state index in [1.54, 1.807) is 11.8 Å². The van der Waals surface area contributed by atoms with Crippen LogP contribution in [0.15, 0.2) is 58.5 Å². The topological polar surface area (TPSA) is 69.2 Å². The molecule has 0 saturated heterocycles. The van der Waals surface area contributed by atoms with Crippen LogP contribution in [-0.4, -0.2) is 36.8 Å². The molecule has 1 heterocycles. The van der Waals surface area contributed by atoms with E-state index in [-0.39, 0.29) is 16.7 Å². The molecule has 2 aromatic rings. The molecule has 2 atom stereocenters. The second-order valence-electron chi connectivity index (χ2n) is 9.32. The highest BCUT2D eigenvalue weighted by Crippen LogP contribution is 2.41. The van der Waals surface area contributed by atoms with Gasteiger partial charge in [0, 0.05) is 11.3 Å². The van der Waals surface area contributed by atoms with E-state index in [2.05, 4.69) is 49.9 Å². The molecule has 0 aromatic heterocycles. The van der Waals surface area contributed by atoms with Gasteiger partial charge in [-0.05, 0) is 42.4 Å². The average molecular weight is 440 g/mol. The fourth-order valence-corrected chi connectivity index (χ4v) is 4.57. The molecule has 0 radical (unpaired) electrons. The molecule has 31 heavy (non-hydrogen) atoms. The number of nitrogens with two attached hydrogens (primary N) is 1. The first kappa shape index (κ1) is 23.4. The van der Waals surface area contributed by atoms with Gasteiger partial charge < -0.3 is 15.2 Å². The zero-order valence-electron chi connectivity index (χ0n) is 19.1. The summed E-state index contributed by atoms with van der Waals surface area (Å²) in [6.45, 7) is 9.72. The molecular weight excluding hydrogens is 406 g/mol. The minimum absolute atomic E-state index is 0.0820. The summed E-state index contributed by atoms with van der Waals surface area (Å²) in [5.74, 6) is 1.39. The highest BCUT2D eigenvalue weighted by molar-refractivity contribution is 7.99. The Kier molecular flexibility index (Phi) is 7.47. The summed E-state index contributed by atoms with van der Waals surface area (Å²) >= 11 is 1.79. The van der Waals surface area contributed by atoms with Crippen LogP contribution in [0, 0.1) is 10.8 Å². The van der Waals surface area contributed by atoms with E-state index in [0.717, 1.165) is 6.42 Å². The molecule has 2 N–H and O–H groups in total. The lowest BCUT2D eigenvalue weighted by Gasteiger charge is -2.44. The predicted molar refractivity (Wildman–Crippen MR) is 131 cm³/mol. The first-order chi connectivity index (χ1) is 14.7. The van der Waals surface area contributed by atoms with Gasteiger partial charge in [-0.1, -0.05) is 52.0 Å². The van der Waals surface area contributed by atoms with E-state index in [4.69, 9.17) is 15.2 Å². The van der Waals surface area contributed by atoms with E-state index in [1.165, 1.54) is 0 Å². The molecule has 2 unspecified atom stereocenters. The molecule has 0 saturated carbocycles. The third-order valence-corrected chi connectivity index (χ3v) is 6.97. The summed E-state index contributed by atoms with van der Waals surface area (Å²) in [6, 6.07) is 18.1. The van der Waals surface area contributed by atoms with Crippen molar-refractivity contribution in [2.45, 2.75) is 45.4 Å². The van der Waals surface area contributed by atoms with Gasteiger partial charge in [-0.15, -0.1) is 0 Å². The van der Waals surface area contributed by atoms with Crippen molar-refractivity contribution in [3.63, 3.8) is 0 Å². The minimum atomic E-state index is -0.417. The molecule has 0 bridgehead atoms. The molecule has 2 aromatic carbocycles. The quantitative estimate of drug-likeness (QED) is 0.625. The van der Waals surface area contributed by atoms with Gasteiger partial charge in [-0.2, -0.15) is 21.7 Å². The van der Waals surface area contributed by atoms with Crippen LogP contribution in [0.1, 0.15) is 34.1 Å². The number of rotatable bonds is 4. The average Bonchev–Trinajstić information content (AvgIpc) is 2.73. The molecule has 6 heteroatoms. The lowest BCUT2D eigenvalue weighted by atomic mass is 9.72. The third kappa shape index (κ3) is 5.70. The van der Waals surface area contributed by atoms with Crippen molar-refractivity contribution in [2.24, 2.45) is 26.5 Å². The first-order valence-electron chi connectivity index (χ1n) is 10.6. The van der Waals surface area contributed by atoms with Gasteiger partial charge in [-0.3, -0.25) is 0 Å². The number of ether oxygens (including phenoxy) is 2. The first-order valence-corrected chi connectivity index (χ1v) is 11.9. The molecule has 166 valence electrons. The number of aliphatic imine (C=N–C) groups is 2. The Morgan fingerprint density at radius 1 is 1.00 bits per heavy atom. The van der Waals surface area contributed by atoms with Crippen molar-refractivity contribution in [2.75, 3.05) is 19.5 Å². The Morgan fingerprint density at radius 3 is 1.94 bits per heavy atom. The molecule has 3 rings (SSSR count). The lowest BCUT2D eigenvalue weighted by Crippen LogP contribution is -2.56. The molecule has 0 aliphatic carbocycles. The van der Waals surface area contributed by atoms with Crippen LogP contribution >= 0.6 is 11.8 Å². The maximum Gasteiger partial charge on any atom is 0.145 e. The second kappa shape index (κ2) is 9.90. The summed E-state index contributed by atoms with van der Waals surface area (Å²) in [5.41, 5.74) is 7.99. The van der Waals surface area contributed by atoms with Crippen LogP contribution in [0.2, 0.25) is 0 Å². The normalized spacial score (nSPS) is 20.8. The van der Waals surface area contributed by atoms with E-state index < -0.39 is 5.41 Å². The van der Waals surface area contributed by atoms with Gasteiger partial charge in [0.25, 0.3) is 0 Å². The van der Waals surface area contributed by atoms with Crippen molar-refractivity contribution in [1.82, 2.24) is 0 Å². The van der Waals surface area contributed by atoms with Crippen LogP contribution in [-0.2, 0) is 0 Å². The number of nitrogens with zero attached hydrogens (tertiary/aromatic N) is 2. The standard InChI is InChI=1S/C25H33N3O2S/c1-18(31-5)25(23(26)14-24(2,3)4)15-29-21-12-8-6-10-19(21)27-17-28-20-11-7-9-13-22(20)30-16-25/h6-13,18,23H,14-16,26H2,1-5H3. The summed E-state index contributed by atoms with van der Waals surface area (Å²) in [4.78, 5) is 8.81. The highest BCUT2D eigenvalue weighted by Gasteiger charge is 2.45. The van der Waals surface area contributed by atoms with E-state index in [1.807, 2.05) is 48.5 Å². The molecule has 1 aliphatic rings. The zero-order chi connectivity index (χ0) is 22.5. The van der Waals surface area contributed by atoms with Gasteiger partial charge in [0.15, 0.2) is 0 Å². The van der Waals surface area contributed by atoms with Crippen molar-refractivity contribution >= 4 is 29.1 Å². The number of thioether (sulfide) groups is 1. The van der Waals surface area contributed by atoms with Crippen LogP contribution < -0.4 is 15.2 Å². The van der Waals surface area contributed by atoms with Gasteiger partial charge in [0.05, 0.1) is 18.6 Å². The van der Waals surface area contributed by atoms with Crippen molar-refractivity contribution in [1.29, 1.82) is 0 Å². The second-order valence-corrected chi connectivity index (χ2v) is 10.5. The van der Waals surface area contributed by atoms with Gasteiger partial charge in [0.1, 0.15) is 28.9 Å². The maximum absolute atomic E-state index is 6.93. The van der Waals surface area contributed by atoms with Crippen molar-refractivity contribution in [3.05, 3.63) is 48.5 Å². The molecule has 0 spiro atoms. The summed E-state index contributed by atoms with van der Waals surface area (Å²) in [5, 5.41) is 0.208. The Hall–Kier alpha value is -2.27. The number of benzene rings is 2. The van der Waals surface area contributed by atoms with Crippen molar-refractivity contribution in [3.8, 4) is 11.5 Å². The largest absolute Gasteiger partial charge is 0.490 e. The van der Waals surface area contributed by atoms with E-state index in [9.17, 15) is 0 Å². The Morgan fingerprint density at radius 2 is 1.48 bits per heavy atom. The SMILES string of the molecule is CSC(C)C1(C(N)CC(C)(C)C)COc2ccccc2N=C=Nc2ccccc2OC1. The predicted octanol–water partition coefficient (Wildman–Crippen LogP) is 6.10. The Balaban J connectivity index is 2.12. The monoisotopic (exact) mass is 439 g/mol. The van der Waals surface area contributed by atoms with Gasteiger partial charge in [-0.25, -0.2) is 0 Å². The number of hydrogen-bond acceptors (Lipinski definition) is 6. The summed E-state index contributed by atoms with van der Waals surface area (Å²) in [7, 11) is 0. The molecule has 0 fully saturated rings. The van der Waals surface area contributed by atoms with Crippen LogP contribution in [0.4, 0.5) is 11.4 Å². The van der Waals surface area contributed by atoms with Gasteiger partial charge >= 0.3 is 0 Å². The Labute approximate surface area is 190 Å². The van der Waals surface area contributed by atoms with Crippen LogP contribution in [0.5, 0.6) is 11.5 Å². The van der Waals surface area contributed by atoms with Gasteiger partial charge in [0.2, 0.25) is 0 Å². The Bertz CT molecular complexity index is 892. The number of para-hydroxylation sites is 4. The van der Waals surface area contributed by atoms with Crippen LogP contribution in [0.25, 0.3) is 0 Å². The molecule has 1 aliphatic heterocycles. The summed E-state index contributed by atoms with van der Waals surface area (Å²) < 4.78 is 12.7. The number of hydrogen-bond donors (Lipinski definition) is 1. The smallest absolute Gasteiger partial charge is 0.145 e. The van der Waals surface area contributed by atoms with Crippen LogP contribution in [0.3, 0.4) is 0 Å². The van der Waals surface area contributed by atoms with E-state index in [0.29, 0.717) is 36.1 Å². The number of fused-ring (bicyclic) bond motifs is 2. The zero-order valence-corrected chi connectivity index (χ0v) is 19.9. The fourth-order valence-electron chi connectivity index (χ4n) is 3.79.